The summed E-state index contributed by atoms with van der Waals surface area (Å²) in [5.74, 6) is 0.383. The van der Waals surface area contributed by atoms with Gasteiger partial charge in [-0.15, -0.1) is 0 Å². The normalized spacial score (nSPS) is 15.6. The van der Waals surface area contributed by atoms with Crippen molar-refractivity contribution in [2.24, 2.45) is 10.8 Å². The van der Waals surface area contributed by atoms with Crippen LogP contribution in [-0.4, -0.2) is 25.5 Å². The lowest BCUT2D eigenvalue weighted by molar-refractivity contribution is -0.196. The van der Waals surface area contributed by atoms with Crippen LogP contribution in [-0.2, 0) is 19.0 Å². The fraction of sp³-hybridized carbons (Fsp3) is 0.640. The molecule has 0 saturated heterocycles. The molecule has 0 heterocycles. The Kier molecular flexibility index (Phi) is 13.3. The van der Waals surface area contributed by atoms with E-state index in [1.807, 2.05) is 32.9 Å². The van der Waals surface area contributed by atoms with Gasteiger partial charge >= 0.3 is 5.97 Å². The first-order valence-corrected chi connectivity index (χ1v) is 10.8. The number of carbonyl (C=O) groups is 1. The molecule has 166 valence electrons. The highest BCUT2D eigenvalue weighted by molar-refractivity contribution is 5.78. The highest BCUT2D eigenvalue weighted by atomic mass is 16.7. The molecular weight excluding hydrogens is 364 g/mol. The van der Waals surface area contributed by atoms with Crippen molar-refractivity contribution in [1.82, 2.24) is 0 Å². The molecule has 0 fully saturated rings. The Morgan fingerprint density at radius 2 is 1.66 bits per heavy atom. The van der Waals surface area contributed by atoms with E-state index in [0.29, 0.717) is 31.8 Å². The lowest BCUT2D eigenvalue weighted by Crippen LogP contribution is -2.36. The van der Waals surface area contributed by atoms with Gasteiger partial charge in [-0.25, -0.2) is 0 Å². The zero-order valence-corrected chi connectivity index (χ0v) is 19.5. The van der Waals surface area contributed by atoms with Crippen LogP contribution >= 0.6 is 0 Å². The van der Waals surface area contributed by atoms with Crippen molar-refractivity contribution in [1.29, 1.82) is 0 Å². The van der Waals surface area contributed by atoms with Gasteiger partial charge in [0.2, 0.25) is 6.29 Å². The van der Waals surface area contributed by atoms with Crippen molar-refractivity contribution in [2.75, 3.05) is 13.2 Å². The van der Waals surface area contributed by atoms with E-state index in [9.17, 15) is 4.79 Å². The smallest absolute Gasteiger partial charge is 0.317 e. The van der Waals surface area contributed by atoms with Crippen LogP contribution in [0.4, 0.5) is 0 Å². The quantitative estimate of drug-likeness (QED) is 0.0710. The molecule has 0 amide bonds. The molecule has 0 rings (SSSR count). The lowest BCUT2D eigenvalue weighted by Gasteiger charge is -2.35. The molecule has 0 radical (unpaired) electrons. The Labute approximate surface area is 178 Å². The van der Waals surface area contributed by atoms with Gasteiger partial charge in [0.25, 0.3) is 0 Å². The predicted octanol–water partition coefficient (Wildman–Crippen LogP) is 6.74. The fourth-order valence-electron chi connectivity index (χ4n) is 3.25. The van der Waals surface area contributed by atoms with Crippen molar-refractivity contribution < 1.29 is 19.0 Å². The molecule has 0 aliphatic rings. The number of hydrogen-bond acceptors (Lipinski definition) is 4. The topological polar surface area (TPSA) is 44.8 Å². The molecule has 0 N–H and O–H groups in total. The Morgan fingerprint density at radius 3 is 2.10 bits per heavy atom. The molecule has 4 nitrogen and oxygen atoms in total. The number of hydrogen-bond donors (Lipinski definition) is 0. The van der Waals surface area contributed by atoms with E-state index >= 15 is 0 Å². The third kappa shape index (κ3) is 9.03. The van der Waals surface area contributed by atoms with E-state index in [1.165, 1.54) is 0 Å². The molecule has 2 atom stereocenters. The standard InChI is InChI=1S/C25H42O4/c1-9-16-21(11-3)27-18-19-28-22(20-25(13-5,14-6)15-7)29-23(26)24(8,12-4)17-10-2/h9-11,16-17,22H,1,3,12-15,18-20H2,2,4-8H3/b17-10+,21-16+. The number of esters is 1. The van der Waals surface area contributed by atoms with Crippen LogP contribution in [0.2, 0.25) is 0 Å². The summed E-state index contributed by atoms with van der Waals surface area (Å²) in [5, 5.41) is 0. The van der Waals surface area contributed by atoms with Crippen molar-refractivity contribution >= 4 is 5.97 Å². The molecule has 0 spiro atoms. The van der Waals surface area contributed by atoms with Crippen LogP contribution in [0, 0.1) is 10.8 Å². The van der Waals surface area contributed by atoms with Crippen molar-refractivity contribution in [3.05, 3.63) is 49.3 Å². The average molecular weight is 407 g/mol. The second-order valence-electron chi connectivity index (χ2n) is 7.60. The van der Waals surface area contributed by atoms with Crippen molar-refractivity contribution in [2.45, 2.75) is 79.9 Å². The summed E-state index contributed by atoms with van der Waals surface area (Å²) in [7, 11) is 0. The van der Waals surface area contributed by atoms with Crippen LogP contribution in [0.1, 0.15) is 73.6 Å². The van der Waals surface area contributed by atoms with E-state index < -0.39 is 11.7 Å². The van der Waals surface area contributed by atoms with Gasteiger partial charge in [0, 0.05) is 6.42 Å². The Balaban J connectivity index is 5.25. The summed E-state index contributed by atoms with van der Waals surface area (Å²) < 4.78 is 17.5. The van der Waals surface area contributed by atoms with E-state index in [-0.39, 0.29) is 11.4 Å². The third-order valence-electron chi connectivity index (χ3n) is 5.96. The largest absolute Gasteiger partial charge is 0.491 e. The van der Waals surface area contributed by atoms with Gasteiger partial charge in [0.05, 0.1) is 12.0 Å². The lowest BCUT2D eigenvalue weighted by atomic mass is 9.76. The van der Waals surface area contributed by atoms with Gasteiger partial charge in [-0.2, -0.15) is 0 Å². The molecule has 0 saturated carbocycles. The highest BCUT2D eigenvalue weighted by Gasteiger charge is 2.35. The van der Waals surface area contributed by atoms with E-state index in [0.717, 1.165) is 19.3 Å². The molecule has 0 aromatic rings. The number of carbonyl (C=O) groups excluding carboxylic acids is 1. The zero-order valence-electron chi connectivity index (χ0n) is 19.5. The summed E-state index contributed by atoms with van der Waals surface area (Å²) in [6, 6.07) is 0. The zero-order chi connectivity index (χ0) is 22.3. The van der Waals surface area contributed by atoms with Crippen molar-refractivity contribution in [3.63, 3.8) is 0 Å². The number of ether oxygens (including phenoxy) is 3. The minimum Gasteiger partial charge on any atom is -0.491 e. The minimum absolute atomic E-state index is 0.0873. The monoisotopic (exact) mass is 406 g/mol. The van der Waals surface area contributed by atoms with E-state index in [1.54, 1.807) is 18.2 Å². The first-order valence-electron chi connectivity index (χ1n) is 10.8. The predicted molar refractivity (Wildman–Crippen MR) is 121 cm³/mol. The maximum atomic E-state index is 12.9. The summed E-state index contributed by atoms with van der Waals surface area (Å²) in [6.07, 6.45) is 12.6. The van der Waals surface area contributed by atoms with Gasteiger partial charge < -0.3 is 14.2 Å². The summed E-state index contributed by atoms with van der Waals surface area (Å²) in [6.45, 7) is 20.4. The van der Waals surface area contributed by atoms with Gasteiger partial charge in [-0.05, 0) is 37.8 Å². The minimum atomic E-state index is -0.650. The Bertz CT molecular complexity index is 549. The summed E-state index contributed by atoms with van der Waals surface area (Å²) >= 11 is 0. The van der Waals surface area contributed by atoms with Gasteiger partial charge in [-0.1, -0.05) is 78.3 Å². The van der Waals surface area contributed by atoms with Crippen LogP contribution in [0.15, 0.2) is 49.3 Å². The first kappa shape index (κ1) is 27.2. The van der Waals surface area contributed by atoms with E-state index in [2.05, 4.69) is 33.9 Å². The maximum absolute atomic E-state index is 12.9. The summed E-state index contributed by atoms with van der Waals surface area (Å²) in [4.78, 5) is 12.9. The Hall–Kier alpha value is -1.81. The van der Waals surface area contributed by atoms with Gasteiger partial charge in [0.15, 0.2) is 0 Å². The third-order valence-corrected chi connectivity index (χ3v) is 5.96. The van der Waals surface area contributed by atoms with Crippen LogP contribution in [0.5, 0.6) is 0 Å². The highest BCUT2D eigenvalue weighted by Crippen LogP contribution is 2.37. The fourth-order valence-corrected chi connectivity index (χ4v) is 3.25. The molecule has 0 bridgehead atoms. The van der Waals surface area contributed by atoms with Gasteiger partial charge in [0.1, 0.15) is 12.4 Å². The second kappa shape index (κ2) is 14.2. The van der Waals surface area contributed by atoms with E-state index in [4.69, 9.17) is 14.2 Å². The molecule has 0 aliphatic carbocycles. The molecule has 2 unspecified atom stereocenters. The Morgan fingerprint density at radius 1 is 1.03 bits per heavy atom. The molecule has 0 aromatic carbocycles. The SMILES string of the molecule is C=C/C=C(\C=C)OCCOC(CC(CC)(CC)CC)OC(=O)C(C)(/C=C/C)CC. The second-order valence-corrected chi connectivity index (χ2v) is 7.60. The molecule has 0 aromatic heterocycles. The number of rotatable bonds is 16. The van der Waals surface area contributed by atoms with Crippen LogP contribution in [0.3, 0.4) is 0 Å². The average Bonchev–Trinajstić information content (AvgIpc) is 2.73. The van der Waals surface area contributed by atoms with Crippen molar-refractivity contribution in [3.8, 4) is 0 Å². The molecule has 0 aliphatic heterocycles. The molecule has 4 heteroatoms. The molecule has 29 heavy (non-hydrogen) atoms. The van der Waals surface area contributed by atoms with Crippen LogP contribution in [0.25, 0.3) is 0 Å². The number of allylic oxidation sites excluding steroid dienone is 4. The van der Waals surface area contributed by atoms with Gasteiger partial charge in [-0.3, -0.25) is 4.79 Å². The summed E-state index contributed by atoms with van der Waals surface area (Å²) in [5.41, 5.74) is -0.563. The molecular formula is C25H42O4. The first-order chi connectivity index (χ1) is 13.8. The van der Waals surface area contributed by atoms with Crippen LogP contribution < -0.4 is 0 Å². The maximum Gasteiger partial charge on any atom is 0.317 e.